The first-order valence-electron chi connectivity index (χ1n) is 8.42. The fraction of sp³-hybridized carbons (Fsp3) is 0.0476. The van der Waals surface area contributed by atoms with Crippen molar-refractivity contribution < 1.29 is 4.79 Å². The van der Waals surface area contributed by atoms with Crippen molar-refractivity contribution in [2.45, 2.75) is 6.54 Å². The van der Waals surface area contributed by atoms with Gasteiger partial charge in [-0.1, -0.05) is 29.0 Å². The number of fused-ring (bicyclic) bond motifs is 1. The van der Waals surface area contributed by atoms with E-state index in [2.05, 4.69) is 16.0 Å². The van der Waals surface area contributed by atoms with Crippen LogP contribution in [0, 0.1) is 11.3 Å². The second kappa shape index (κ2) is 7.77. The summed E-state index contributed by atoms with van der Waals surface area (Å²) in [5.41, 5.74) is 2.51. The Kier molecular flexibility index (Phi) is 5.02. The summed E-state index contributed by atoms with van der Waals surface area (Å²) in [4.78, 5) is 23.8. The summed E-state index contributed by atoms with van der Waals surface area (Å²) in [5, 5.41) is 10.2. The number of carbonyl (C=O) groups excluding carboxylic acids is 1. The van der Waals surface area contributed by atoms with E-state index in [1.807, 2.05) is 30.3 Å². The molecule has 136 valence electrons. The van der Waals surface area contributed by atoms with E-state index in [1.54, 1.807) is 41.4 Å². The lowest BCUT2D eigenvalue weighted by Gasteiger charge is -2.19. The van der Waals surface area contributed by atoms with Crippen LogP contribution in [0.5, 0.6) is 0 Å². The van der Waals surface area contributed by atoms with Crippen molar-refractivity contribution in [1.29, 1.82) is 5.26 Å². The van der Waals surface area contributed by atoms with Gasteiger partial charge in [-0.3, -0.25) is 14.7 Å². The number of aromatic nitrogens is 2. The second-order valence-corrected chi connectivity index (χ2v) is 7.46. The molecule has 0 saturated heterocycles. The van der Waals surface area contributed by atoms with Gasteiger partial charge in [0.25, 0.3) is 5.91 Å². The van der Waals surface area contributed by atoms with Gasteiger partial charge >= 0.3 is 0 Å². The van der Waals surface area contributed by atoms with Crippen molar-refractivity contribution in [1.82, 2.24) is 9.97 Å². The molecule has 0 aliphatic rings. The third-order valence-electron chi connectivity index (χ3n) is 4.12. The lowest BCUT2D eigenvalue weighted by atomic mass is 10.1. The zero-order valence-electron chi connectivity index (χ0n) is 14.5. The summed E-state index contributed by atoms with van der Waals surface area (Å²) in [6, 6.07) is 19.6. The van der Waals surface area contributed by atoms with Gasteiger partial charge in [0.2, 0.25) is 0 Å². The maximum absolute atomic E-state index is 13.2. The van der Waals surface area contributed by atoms with Crippen molar-refractivity contribution in [2.24, 2.45) is 0 Å². The van der Waals surface area contributed by atoms with E-state index in [-0.39, 0.29) is 12.5 Å². The summed E-state index contributed by atoms with van der Waals surface area (Å²) >= 11 is 7.49. The average molecular weight is 405 g/mol. The molecule has 2 heterocycles. The minimum atomic E-state index is -0.208. The number of thiazole rings is 1. The third kappa shape index (κ3) is 3.72. The first-order chi connectivity index (χ1) is 13.6. The molecule has 5 nitrogen and oxygen atoms in total. The monoisotopic (exact) mass is 404 g/mol. The highest BCUT2D eigenvalue weighted by molar-refractivity contribution is 7.22. The fourth-order valence-corrected chi connectivity index (χ4v) is 3.96. The van der Waals surface area contributed by atoms with Crippen LogP contribution in [0.3, 0.4) is 0 Å². The topological polar surface area (TPSA) is 69.9 Å². The van der Waals surface area contributed by atoms with Gasteiger partial charge in [-0.2, -0.15) is 5.26 Å². The average Bonchev–Trinajstić information content (AvgIpc) is 3.15. The number of carbonyl (C=O) groups is 1. The molecule has 0 aliphatic heterocycles. The third-order valence-corrected chi connectivity index (χ3v) is 5.40. The van der Waals surface area contributed by atoms with Crippen molar-refractivity contribution in [3.05, 3.63) is 88.7 Å². The molecular weight excluding hydrogens is 392 g/mol. The summed E-state index contributed by atoms with van der Waals surface area (Å²) in [7, 11) is 0. The molecule has 0 bridgehead atoms. The number of halogens is 1. The van der Waals surface area contributed by atoms with Gasteiger partial charge in [-0.15, -0.1) is 0 Å². The van der Waals surface area contributed by atoms with Crippen molar-refractivity contribution in [2.75, 3.05) is 4.90 Å². The predicted molar refractivity (Wildman–Crippen MR) is 111 cm³/mol. The Bertz CT molecular complexity index is 1180. The Balaban J connectivity index is 1.75. The van der Waals surface area contributed by atoms with Crippen LogP contribution in [-0.2, 0) is 6.54 Å². The largest absolute Gasteiger partial charge is 0.278 e. The minimum absolute atomic E-state index is 0.208. The predicted octanol–water partition coefficient (Wildman–Crippen LogP) is 5.06. The zero-order chi connectivity index (χ0) is 19.5. The molecule has 4 aromatic rings. The molecule has 0 atom stereocenters. The Morgan fingerprint density at radius 3 is 2.68 bits per heavy atom. The number of amides is 1. The number of nitriles is 1. The van der Waals surface area contributed by atoms with Crippen LogP contribution in [0.2, 0.25) is 5.02 Å². The summed E-state index contributed by atoms with van der Waals surface area (Å²) in [5.74, 6) is -0.208. The first-order valence-corrected chi connectivity index (χ1v) is 9.61. The van der Waals surface area contributed by atoms with Crippen LogP contribution in [-0.4, -0.2) is 15.9 Å². The molecule has 0 unspecified atom stereocenters. The summed E-state index contributed by atoms with van der Waals surface area (Å²) in [6.07, 6.45) is 1.69. The molecule has 0 spiro atoms. The second-order valence-electron chi connectivity index (χ2n) is 6.01. The van der Waals surface area contributed by atoms with E-state index in [0.717, 1.165) is 15.9 Å². The van der Waals surface area contributed by atoms with Gasteiger partial charge in [0, 0.05) is 16.8 Å². The number of rotatable bonds is 4. The standard InChI is InChI=1S/C21H13ClN4OS/c22-16-8-9-18-19(11-16)28-21(25-18)26(13-17-3-1-2-10-24-17)20(27)15-6-4-14(12-23)5-7-15/h1-11H,13H2. The number of hydrogen-bond donors (Lipinski definition) is 0. The molecule has 7 heteroatoms. The van der Waals surface area contributed by atoms with Crippen LogP contribution in [0.1, 0.15) is 21.6 Å². The molecule has 0 radical (unpaired) electrons. The van der Waals surface area contributed by atoms with E-state index in [1.165, 1.54) is 11.3 Å². The number of nitrogens with zero attached hydrogens (tertiary/aromatic N) is 4. The number of hydrogen-bond acceptors (Lipinski definition) is 5. The summed E-state index contributed by atoms with van der Waals surface area (Å²) in [6.45, 7) is 0.285. The molecular formula is C21H13ClN4OS. The first kappa shape index (κ1) is 18.1. The molecule has 4 rings (SSSR count). The highest BCUT2D eigenvalue weighted by Gasteiger charge is 2.22. The Labute approximate surface area is 170 Å². The van der Waals surface area contributed by atoms with Crippen molar-refractivity contribution in [3.8, 4) is 6.07 Å². The minimum Gasteiger partial charge on any atom is -0.278 e. The highest BCUT2D eigenvalue weighted by atomic mass is 35.5. The molecule has 2 aromatic carbocycles. The lowest BCUT2D eigenvalue weighted by Crippen LogP contribution is -2.30. The quantitative estimate of drug-likeness (QED) is 0.476. The SMILES string of the molecule is N#Cc1ccc(C(=O)N(Cc2ccccn2)c2nc3ccc(Cl)cc3s2)cc1. The van der Waals surface area contributed by atoms with Gasteiger partial charge in [-0.25, -0.2) is 4.98 Å². The Morgan fingerprint density at radius 2 is 1.96 bits per heavy atom. The van der Waals surface area contributed by atoms with Crippen LogP contribution in [0.4, 0.5) is 5.13 Å². The summed E-state index contributed by atoms with van der Waals surface area (Å²) < 4.78 is 0.904. The number of benzene rings is 2. The van der Waals surface area contributed by atoms with Crippen LogP contribution < -0.4 is 4.90 Å². The van der Waals surface area contributed by atoms with E-state index < -0.39 is 0 Å². The molecule has 28 heavy (non-hydrogen) atoms. The van der Waals surface area contributed by atoms with Gasteiger partial charge in [0.15, 0.2) is 5.13 Å². The van der Waals surface area contributed by atoms with E-state index in [4.69, 9.17) is 16.9 Å². The van der Waals surface area contributed by atoms with Gasteiger partial charge in [0.05, 0.1) is 34.1 Å². The van der Waals surface area contributed by atoms with Gasteiger partial charge in [0.1, 0.15) is 0 Å². The lowest BCUT2D eigenvalue weighted by molar-refractivity contribution is 0.0985. The van der Waals surface area contributed by atoms with E-state index >= 15 is 0 Å². The highest BCUT2D eigenvalue weighted by Crippen LogP contribution is 2.32. The van der Waals surface area contributed by atoms with Crippen molar-refractivity contribution >= 4 is 44.2 Å². The molecule has 0 N–H and O–H groups in total. The van der Waals surface area contributed by atoms with Crippen LogP contribution >= 0.6 is 22.9 Å². The normalized spacial score (nSPS) is 10.6. The molecule has 0 saturated carbocycles. The Hall–Kier alpha value is -3.27. The molecule has 0 fully saturated rings. The van der Waals surface area contributed by atoms with E-state index in [0.29, 0.717) is 21.3 Å². The van der Waals surface area contributed by atoms with Gasteiger partial charge < -0.3 is 0 Å². The maximum Gasteiger partial charge on any atom is 0.260 e. The maximum atomic E-state index is 13.2. The van der Waals surface area contributed by atoms with Crippen LogP contribution in [0.25, 0.3) is 10.2 Å². The smallest absolute Gasteiger partial charge is 0.260 e. The van der Waals surface area contributed by atoms with Crippen molar-refractivity contribution in [3.63, 3.8) is 0 Å². The zero-order valence-corrected chi connectivity index (χ0v) is 16.1. The number of pyridine rings is 1. The Morgan fingerprint density at radius 1 is 1.14 bits per heavy atom. The number of anilines is 1. The van der Waals surface area contributed by atoms with Gasteiger partial charge in [-0.05, 0) is 54.6 Å². The molecule has 1 amide bonds. The van der Waals surface area contributed by atoms with E-state index in [9.17, 15) is 4.79 Å². The molecule has 0 aliphatic carbocycles. The molecule has 2 aromatic heterocycles. The van der Waals surface area contributed by atoms with Crippen LogP contribution in [0.15, 0.2) is 66.9 Å². The fourth-order valence-electron chi connectivity index (χ4n) is 2.72.